The van der Waals surface area contributed by atoms with Crippen LogP contribution < -0.4 is 14.2 Å². The number of anilines is 1. The lowest BCUT2D eigenvalue weighted by Gasteiger charge is -2.35. The molecule has 13 heteroatoms. The van der Waals surface area contributed by atoms with E-state index in [1.165, 1.54) is 24.4 Å². The number of sulfonamides is 1. The van der Waals surface area contributed by atoms with Crippen LogP contribution in [0.3, 0.4) is 0 Å². The molecule has 0 spiro atoms. The maximum atomic E-state index is 14.4. The van der Waals surface area contributed by atoms with Crippen LogP contribution in [0.1, 0.15) is 61.3 Å². The van der Waals surface area contributed by atoms with Crippen LogP contribution in [-0.4, -0.2) is 66.0 Å². The normalized spacial score (nSPS) is 15.9. The zero-order chi connectivity index (χ0) is 35.3. The molecule has 1 aliphatic heterocycles. The fourth-order valence-electron chi connectivity index (χ4n) is 5.66. The number of hydrogen-bond donors (Lipinski definition) is 1. The van der Waals surface area contributed by atoms with E-state index in [0.29, 0.717) is 23.6 Å². The number of nitrogens with zero attached hydrogens (tertiary/aromatic N) is 4. The number of ether oxygens (including phenoxy) is 3. The molecule has 49 heavy (non-hydrogen) atoms. The zero-order valence-electron chi connectivity index (χ0n) is 28.5. The number of nitrogens with one attached hydrogen (secondary N) is 1. The minimum absolute atomic E-state index is 0.0544. The predicted molar refractivity (Wildman–Crippen MR) is 184 cm³/mol. The molecule has 12 nitrogen and oxygen atoms in total. The van der Waals surface area contributed by atoms with Crippen molar-refractivity contribution in [2.45, 2.75) is 65.4 Å². The summed E-state index contributed by atoms with van der Waals surface area (Å²) in [6.07, 6.45) is 2.02. The van der Waals surface area contributed by atoms with Gasteiger partial charge < -0.3 is 19.1 Å². The van der Waals surface area contributed by atoms with Gasteiger partial charge in [-0.1, -0.05) is 45.0 Å². The highest BCUT2D eigenvalue weighted by molar-refractivity contribution is 7.92. The maximum absolute atomic E-state index is 14.4. The molecule has 4 bridgehead atoms. The van der Waals surface area contributed by atoms with Crippen LogP contribution in [0.25, 0.3) is 11.3 Å². The summed E-state index contributed by atoms with van der Waals surface area (Å²) in [7, 11) is -4.20. The molecule has 0 saturated carbocycles. The third-order valence-electron chi connectivity index (χ3n) is 7.82. The van der Waals surface area contributed by atoms with Gasteiger partial charge in [0.15, 0.2) is 6.61 Å². The molecule has 0 aliphatic carbocycles. The smallest absolute Gasteiger partial charge is 0.344 e. The van der Waals surface area contributed by atoms with E-state index in [1.54, 1.807) is 36.1 Å². The molecule has 0 saturated heterocycles. The van der Waals surface area contributed by atoms with Crippen LogP contribution in [0, 0.1) is 19.3 Å². The molecular weight excluding hydrogens is 646 g/mol. The van der Waals surface area contributed by atoms with Crippen LogP contribution >= 0.6 is 0 Å². The number of esters is 1. The highest BCUT2D eigenvalue weighted by atomic mass is 32.2. The number of rotatable bonds is 8. The van der Waals surface area contributed by atoms with Gasteiger partial charge in [0, 0.05) is 17.2 Å². The van der Waals surface area contributed by atoms with Crippen LogP contribution in [-0.2, 0) is 26.1 Å². The highest BCUT2D eigenvalue weighted by Gasteiger charge is 2.32. The van der Waals surface area contributed by atoms with E-state index in [0.717, 1.165) is 16.7 Å². The van der Waals surface area contributed by atoms with Crippen molar-refractivity contribution in [2.24, 2.45) is 5.41 Å². The fraction of sp³-hybridized carbons (Fsp3) is 0.361. The van der Waals surface area contributed by atoms with Crippen LogP contribution in [0.4, 0.5) is 5.95 Å². The molecule has 1 atom stereocenters. The van der Waals surface area contributed by atoms with Gasteiger partial charge in [-0.25, -0.2) is 22.9 Å². The summed E-state index contributed by atoms with van der Waals surface area (Å²) in [5, 5.41) is 0. The predicted octanol–water partition coefficient (Wildman–Crippen LogP) is 5.74. The molecule has 5 rings (SSSR count). The van der Waals surface area contributed by atoms with Gasteiger partial charge >= 0.3 is 5.97 Å². The van der Waals surface area contributed by atoms with Gasteiger partial charge in [-0.15, -0.1) is 0 Å². The number of benzene rings is 2. The Morgan fingerprint density at radius 1 is 1.04 bits per heavy atom. The maximum Gasteiger partial charge on any atom is 0.344 e. The third-order valence-corrected chi connectivity index (χ3v) is 9.15. The first kappa shape index (κ1) is 35.3. The molecule has 258 valence electrons. The van der Waals surface area contributed by atoms with E-state index in [4.69, 9.17) is 14.2 Å². The second-order valence-electron chi connectivity index (χ2n) is 13.1. The van der Waals surface area contributed by atoms with Crippen molar-refractivity contribution in [1.29, 1.82) is 0 Å². The lowest BCUT2D eigenvalue weighted by Crippen LogP contribution is -2.45. The Kier molecular flexibility index (Phi) is 10.5. The van der Waals surface area contributed by atoms with Gasteiger partial charge in [0.25, 0.3) is 15.9 Å². The fourth-order valence-corrected chi connectivity index (χ4v) is 6.65. The molecule has 3 heterocycles. The van der Waals surface area contributed by atoms with Gasteiger partial charge in [-0.05, 0) is 74.1 Å². The molecule has 0 unspecified atom stereocenters. The first-order valence-electron chi connectivity index (χ1n) is 16.0. The quantitative estimate of drug-likeness (QED) is 0.227. The van der Waals surface area contributed by atoms with Crippen LogP contribution in [0.5, 0.6) is 11.6 Å². The van der Waals surface area contributed by atoms with E-state index < -0.39 is 27.9 Å². The standard InChI is InChI=1S/C36H41N5O7S/c1-7-46-32(42)22-47-28-15-14-26(37-19-28)20-41-27(18-36(4,5)6)21-48-31-17-30(33-23(2)10-8-11-24(33)3)38-35(39-31)40-49(44,45)29-13-9-12-25(16-29)34(41)43/h8-17,19,27H,7,18,20-22H2,1-6H3,(H,38,39,40)/t27-/m1/s1. The molecule has 0 radical (unpaired) electrons. The van der Waals surface area contributed by atoms with Crippen molar-refractivity contribution in [3.05, 3.63) is 89.2 Å². The summed E-state index contributed by atoms with van der Waals surface area (Å²) in [5.74, 6) is -0.512. The largest absolute Gasteiger partial charge is 0.480 e. The van der Waals surface area contributed by atoms with E-state index in [9.17, 15) is 18.0 Å². The van der Waals surface area contributed by atoms with Crippen LogP contribution in [0.2, 0.25) is 0 Å². The number of aryl methyl sites for hydroxylation is 2. The number of hydrogen-bond acceptors (Lipinski definition) is 10. The van der Waals surface area contributed by atoms with Gasteiger partial charge in [0.05, 0.1) is 41.7 Å². The first-order chi connectivity index (χ1) is 23.2. The van der Waals surface area contributed by atoms with E-state index in [2.05, 4.69) is 40.4 Å². The number of amides is 1. The lowest BCUT2D eigenvalue weighted by molar-refractivity contribution is -0.145. The lowest BCUT2D eigenvalue weighted by atomic mass is 9.87. The molecular formula is C36H41N5O7S. The summed E-state index contributed by atoms with van der Waals surface area (Å²) < 4.78 is 46.5. The number of carbonyl (C=O) groups is 2. The average molecular weight is 688 g/mol. The van der Waals surface area contributed by atoms with Crippen molar-refractivity contribution < 1.29 is 32.2 Å². The Labute approximate surface area is 286 Å². The Hall–Kier alpha value is -5.04. The van der Waals surface area contributed by atoms with Crippen molar-refractivity contribution in [3.63, 3.8) is 0 Å². The van der Waals surface area contributed by atoms with Gasteiger partial charge in [0.2, 0.25) is 11.8 Å². The molecule has 4 aromatic rings. The number of fused-ring (bicyclic) bond motifs is 4. The van der Waals surface area contributed by atoms with Gasteiger partial charge in [-0.3, -0.25) is 9.78 Å². The van der Waals surface area contributed by atoms with Gasteiger partial charge in [0.1, 0.15) is 12.4 Å². The number of pyridine rings is 1. The second kappa shape index (κ2) is 14.6. The van der Waals surface area contributed by atoms with Crippen molar-refractivity contribution in [1.82, 2.24) is 19.9 Å². The molecule has 1 aliphatic rings. The molecule has 0 fully saturated rings. The molecule has 2 aromatic carbocycles. The molecule has 2 aromatic heterocycles. The zero-order valence-corrected chi connectivity index (χ0v) is 29.3. The average Bonchev–Trinajstić information content (AvgIpc) is 3.04. The molecule has 1 N–H and O–H groups in total. The Morgan fingerprint density at radius 3 is 2.45 bits per heavy atom. The monoisotopic (exact) mass is 687 g/mol. The first-order valence-corrected chi connectivity index (χ1v) is 17.5. The van der Waals surface area contributed by atoms with Crippen LogP contribution in [0.15, 0.2) is 71.8 Å². The summed E-state index contributed by atoms with van der Waals surface area (Å²) in [4.78, 5) is 41.1. The van der Waals surface area contributed by atoms with E-state index in [-0.39, 0.29) is 54.1 Å². The third kappa shape index (κ3) is 8.91. The summed E-state index contributed by atoms with van der Waals surface area (Å²) in [6.45, 7) is 12.0. The second-order valence-corrected chi connectivity index (χ2v) is 14.7. The summed E-state index contributed by atoms with van der Waals surface area (Å²) in [6, 6.07) is 16.3. The number of aromatic nitrogens is 3. The minimum atomic E-state index is -4.20. The Balaban J connectivity index is 1.57. The Bertz CT molecular complexity index is 1920. The van der Waals surface area contributed by atoms with Crippen molar-refractivity contribution in [2.75, 3.05) is 24.5 Å². The molecule has 1 amide bonds. The highest BCUT2D eigenvalue weighted by Crippen LogP contribution is 2.31. The Morgan fingerprint density at radius 2 is 1.78 bits per heavy atom. The van der Waals surface area contributed by atoms with E-state index >= 15 is 0 Å². The topological polar surface area (TPSA) is 150 Å². The SMILES string of the molecule is CCOC(=O)COc1ccc(CN2C(=O)c3cccc(c3)S(=O)(=O)Nc3nc(cc(-c4c(C)cccc4C)n3)OC[C@H]2CC(C)(C)C)nc1. The van der Waals surface area contributed by atoms with Crippen molar-refractivity contribution in [3.8, 4) is 22.9 Å². The van der Waals surface area contributed by atoms with Gasteiger partial charge in [-0.2, -0.15) is 4.98 Å². The van der Waals surface area contributed by atoms with Crippen molar-refractivity contribution >= 4 is 27.8 Å². The summed E-state index contributed by atoms with van der Waals surface area (Å²) >= 11 is 0. The minimum Gasteiger partial charge on any atom is -0.480 e. The summed E-state index contributed by atoms with van der Waals surface area (Å²) in [5.41, 5.74) is 3.74. The number of carbonyl (C=O) groups excluding carboxylic acids is 2. The van der Waals surface area contributed by atoms with E-state index in [1.807, 2.05) is 32.0 Å².